The molecule has 0 radical (unpaired) electrons. The molecule has 0 unspecified atom stereocenters. The maximum atomic E-state index is 10.6. The van der Waals surface area contributed by atoms with Gasteiger partial charge in [0, 0.05) is 0 Å². The zero-order chi connectivity index (χ0) is 14.1. The highest BCUT2D eigenvalue weighted by Crippen LogP contribution is 2.58. The van der Waals surface area contributed by atoms with Gasteiger partial charge in [0.25, 0.3) is 0 Å². The van der Waals surface area contributed by atoms with E-state index in [-0.39, 0.29) is 24.0 Å². The van der Waals surface area contributed by atoms with E-state index >= 15 is 0 Å². The quantitative estimate of drug-likeness (QED) is 0.844. The molecule has 1 fully saturated rings. The van der Waals surface area contributed by atoms with Crippen molar-refractivity contribution < 1.29 is 14.9 Å². The third kappa shape index (κ3) is 1.38. The number of benzene rings is 1. The van der Waals surface area contributed by atoms with Gasteiger partial charge in [-0.15, -0.1) is 0 Å². The summed E-state index contributed by atoms with van der Waals surface area (Å²) in [6.07, 6.45) is 5.17. The molecule has 3 heterocycles. The Morgan fingerprint density at radius 2 is 1.62 bits per heavy atom. The van der Waals surface area contributed by atoms with Crippen molar-refractivity contribution in [1.82, 2.24) is 4.57 Å². The van der Waals surface area contributed by atoms with Crippen molar-refractivity contribution in [2.75, 3.05) is 0 Å². The average molecular weight is 283 g/mol. The van der Waals surface area contributed by atoms with E-state index in [2.05, 4.69) is 12.1 Å². The number of aryl methyl sites for hydroxylation is 2. The monoisotopic (exact) mass is 283 g/mol. The maximum absolute atomic E-state index is 10.6. The van der Waals surface area contributed by atoms with Crippen molar-refractivity contribution in [2.45, 2.75) is 44.3 Å². The second kappa shape index (κ2) is 3.83. The second-order valence-electron chi connectivity index (χ2n) is 6.31. The van der Waals surface area contributed by atoms with Gasteiger partial charge >= 0.3 is 0 Å². The first-order valence-corrected chi connectivity index (χ1v) is 7.68. The van der Waals surface area contributed by atoms with Crippen LogP contribution in [-0.2, 0) is 17.6 Å². The molecule has 2 aromatic rings. The molecule has 1 saturated heterocycles. The summed E-state index contributed by atoms with van der Waals surface area (Å²) in [4.78, 5) is 0. The Kier molecular flexibility index (Phi) is 2.13. The summed E-state index contributed by atoms with van der Waals surface area (Å²) in [6, 6.07) is 6.20. The van der Waals surface area contributed by atoms with Gasteiger partial charge in [-0.2, -0.15) is 0 Å². The molecule has 2 atom stereocenters. The van der Waals surface area contributed by atoms with Gasteiger partial charge in [0.2, 0.25) is 11.8 Å². The first-order valence-electron chi connectivity index (χ1n) is 7.68. The van der Waals surface area contributed by atoms with Crippen LogP contribution in [0.1, 0.15) is 53.7 Å². The van der Waals surface area contributed by atoms with Crippen LogP contribution in [0.25, 0.3) is 5.69 Å². The zero-order valence-corrected chi connectivity index (χ0v) is 11.7. The van der Waals surface area contributed by atoms with E-state index in [0.29, 0.717) is 0 Å². The Labute approximate surface area is 122 Å². The van der Waals surface area contributed by atoms with E-state index < -0.39 is 0 Å². The van der Waals surface area contributed by atoms with Crippen molar-refractivity contribution in [1.29, 1.82) is 0 Å². The third-order valence-electron chi connectivity index (χ3n) is 5.20. The van der Waals surface area contributed by atoms with Gasteiger partial charge in [-0.25, -0.2) is 0 Å². The SMILES string of the molecule is Oc1c2c(c(O)n1-c1ccc3c(c1)CCC3)[C@H]1CC[C@@H]2O1. The van der Waals surface area contributed by atoms with E-state index in [1.807, 2.05) is 6.07 Å². The number of nitrogens with zero attached hydrogens (tertiary/aromatic N) is 1. The van der Waals surface area contributed by atoms with Gasteiger partial charge in [0.05, 0.1) is 29.0 Å². The van der Waals surface area contributed by atoms with Crippen LogP contribution in [0.3, 0.4) is 0 Å². The highest BCUT2D eigenvalue weighted by Gasteiger charge is 2.45. The van der Waals surface area contributed by atoms with E-state index in [0.717, 1.165) is 42.5 Å². The number of fused-ring (bicyclic) bond motifs is 6. The summed E-state index contributed by atoms with van der Waals surface area (Å²) in [6.45, 7) is 0. The first kappa shape index (κ1) is 11.7. The van der Waals surface area contributed by atoms with Crippen molar-refractivity contribution >= 4 is 0 Å². The largest absolute Gasteiger partial charge is 0.494 e. The fourth-order valence-electron chi connectivity index (χ4n) is 4.22. The predicted octanol–water partition coefficient (Wildman–Crippen LogP) is 3.28. The van der Waals surface area contributed by atoms with Gasteiger partial charge in [-0.05, 0) is 55.4 Å². The molecule has 0 saturated carbocycles. The van der Waals surface area contributed by atoms with Crippen molar-refractivity contribution in [3.8, 4) is 17.4 Å². The van der Waals surface area contributed by atoms with Crippen LogP contribution in [0.15, 0.2) is 18.2 Å². The number of hydrogen-bond donors (Lipinski definition) is 2. The molecule has 108 valence electrons. The number of ether oxygens (including phenoxy) is 1. The minimum Gasteiger partial charge on any atom is -0.494 e. The predicted molar refractivity (Wildman–Crippen MR) is 76.9 cm³/mol. The lowest BCUT2D eigenvalue weighted by molar-refractivity contribution is 0.0683. The maximum Gasteiger partial charge on any atom is 0.205 e. The van der Waals surface area contributed by atoms with Crippen LogP contribution in [0, 0.1) is 0 Å². The molecule has 2 aliphatic heterocycles. The Morgan fingerprint density at radius 3 is 2.33 bits per heavy atom. The zero-order valence-electron chi connectivity index (χ0n) is 11.7. The van der Waals surface area contributed by atoms with Crippen LogP contribution in [-0.4, -0.2) is 14.8 Å². The summed E-state index contributed by atoms with van der Waals surface area (Å²) in [5.74, 6) is 0.292. The molecule has 4 heteroatoms. The smallest absolute Gasteiger partial charge is 0.205 e. The number of hydrogen-bond acceptors (Lipinski definition) is 3. The highest BCUT2D eigenvalue weighted by atomic mass is 16.5. The summed E-state index contributed by atoms with van der Waals surface area (Å²) in [7, 11) is 0. The van der Waals surface area contributed by atoms with Crippen molar-refractivity contribution in [3.63, 3.8) is 0 Å². The Hall–Kier alpha value is -1.94. The fourth-order valence-corrected chi connectivity index (χ4v) is 4.22. The Morgan fingerprint density at radius 1 is 0.952 bits per heavy atom. The van der Waals surface area contributed by atoms with Crippen LogP contribution >= 0.6 is 0 Å². The molecule has 2 bridgehead atoms. The molecule has 0 spiro atoms. The molecule has 1 aliphatic carbocycles. The Balaban J connectivity index is 1.71. The normalized spacial score (nSPS) is 25.3. The summed E-state index contributed by atoms with van der Waals surface area (Å²) >= 11 is 0. The first-order chi connectivity index (χ1) is 10.2. The van der Waals surface area contributed by atoms with Gasteiger partial charge < -0.3 is 14.9 Å². The van der Waals surface area contributed by atoms with Crippen LogP contribution < -0.4 is 0 Å². The second-order valence-corrected chi connectivity index (χ2v) is 6.31. The van der Waals surface area contributed by atoms with Crippen molar-refractivity contribution in [3.05, 3.63) is 40.5 Å². The standard InChI is InChI=1S/C17H17NO3/c19-16-14-12-6-7-13(21-12)15(14)17(20)18(16)11-5-4-9-2-1-3-10(9)8-11/h4-5,8,12-13,19-20H,1-3,6-7H2/t12-,13+. The molecule has 1 aromatic carbocycles. The number of aromatic hydroxyl groups is 2. The highest BCUT2D eigenvalue weighted by molar-refractivity contribution is 5.58. The number of aromatic nitrogens is 1. The minimum atomic E-state index is -0.0495. The molecule has 4 nitrogen and oxygen atoms in total. The summed E-state index contributed by atoms with van der Waals surface area (Å²) < 4.78 is 7.36. The van der Waals surface area contributed by atoms with Crippen LogP contribution in [0.2, 0.25) is 0 Å². The van der Waals surface area contributed by atoms with E-state index in [1.165, 1.54) is 17.5 Å². The van der Waals surface area contributed by atoms with Gasteiger partial charge in [-0.1, -0.05) is 6.07 Å². The molecule has 1 aromatic heterocycles. The molecule has 3 aliphatic rings. The lowest BCUT2D eigenvalue weighted by Crippen LogP contribution is -1.97. The number of rotatable bonds is 1. The summed E-state index contributed by atoms with van der Waals surface area (Å²) in [5.41, 5.74) is 5.16. The average Bonchev–Trinajstić information content (AvgIpc) is 3.22. The minimum absolute atomic E-state index is 0.0495. The van der Waals surface area contributed by atoms with E-state index in [9.17, 15) is 10.2 Å². The van der Waals surface area contributed by atoms with Crippen molar-refractivity contribution in [2.24, 2.45) is 0 Å². The summed E-state index contributed by atoms with van der Waals surface area (Å²) in [5, 5.41) is 21.2. The van der Waals surface area contributed by atoms with Gasteiger partial charge in [0.1, 0.15) is 0 Å². The lowest BCUT2D eigenvalue weighted by Gasteiger charge is -2.11. The van der Waals surface area contributed by atoms with Gasteiger partial charge in [0.15, 0.2) is 0 Å². The molecule has 0 amide bonds. The van der Waals surface area contributed by atoms with E-state index in [1.54, 1.807) is 4.57 Å². The molecular formula is C17H17NO3. The van der Waals surface area contributed by atoms with Crippen LogP contribution in [0.4, 0.5) is 0 Å². The van der Waals surface area contributed by atoms with Crippen LogP contribution in [0.5, 0.6) is 11.8 Å². The topological polar surface area (TPSA) is 54.6 Å². The van der Waals surface area contributed by atoms with E-state index in [4.69, 9.17) is 4.74 Å². The Bertz CT molecular complexity index is 728. The fraction of sp³-hybridized carbons (Fsp3) is 0.412. The molecule has 2 N–H and O–H groups in total. The lowest BCUT2D eigenvalue weighted by atomic mass is 9.95. The molecule has 21 heavy (non-hydrogen) atoms. The molecule has 5 rings (SSSR count). The third-order valence-corrected chi connectivity index (χ3v) is 5.20. The molecular weight excluding hydrogens is 266 g/mol. The van der Waals surface area contributed by atoms with Gasteiger partial charge in [-0.3, -0.25) is 4.57 Å².